The van der Waals surface area contributed by atoms with Crippen LogP contribution in [0.4, 0.5) is 0 Å². The molecule has 0 spiro atoms. The highest BCUT2D eigenvalue weighted by Gasteiger charge is 2.22. The molecule has 0 aliphatic heterocycles. The van der Waals surface area contributed by atoms with E-state index in [-0.39, 0.29) is 0 Å². The van der Waals surface area contributed by atoms with Crippen molar-refractivity contribution < 1.29 is 0 Å². The highest BCUT2D eigenvalue weighted by atomic mass is 127. The first kappa shape index (κ1) is 21.2. The number of benzene rings is 2. The van der Waals surface area contributed by atoms with Crippen LogP contribution in [-0.4, -0.2) is 0 Å². The van der Waals surface area contributed by atoms with E-state index in [2.05, 4.69) is 102 Å². The van der Waals surface area contributed by atoms with Gasteiger partial charge in [0.1, 0.15) is 0 Å². The highest BCUT2D eigenvalue weighted by Crippen LogP contribution is 2.34. The molecule has 2 aromatic carbocycles. The average molecular weight is 582 g/mol. The summed E-state index contributed by atoms with van der Waals surface area (Å²) >= 11 is 4.90. The number of halogens is 2. The van der Waals surface area contributed by atoms with Gasteiger partial charge in [-0.1, -0.05) is 51.0 Å². The van der Waals surface area contributed by atoms with Crippen molar-refractivity contribution in [2.45, 2.75) is 65.7 Å². The van der Waals surface area contributed by atoms with Gasteiger partial charge in [-0.05, 0) is 124 Å². The Kier molecular flexibility index (Phi) is 7.67. The number of fused-ring (bicyclic) bond motifs is 1. The van der Waals surface area contributed by atoms with E-state index in [0.29, 0.717) is 0 Å². The molecule has 3 rings (SSSR count). The summed E-state index contributed by atoms with van der Waals surface area (Å²) in [6, 6.07) is 8.93. The fourth-order valence-corrected chi connectivity index (χ4v) is 5.48. The van der Waals surface area contributed by atoms with Crippen molar-refractivity contribution in [2.75, 3.05) is 0 Å². The summed E-state index contributed by atoms with van der Waals surface area (Å²) in [4.78, 5) is 0. The largest absolute Gasteiger partial charge is 0.0654 e. The molecule has 2 heteroatoms. The molecule has 0 saturated carbocycles. The lowest BCUT2D eigenvalue weighted by atomic mass is 9.78. The first-order chi connectivity index (χ1) is 13.0. The summed E-state index contributed by atoms with van der Waals surface area (Å²) in [5.74, 6) is 7.84. The van der Waals surface area contributed by atoms with Gasteiger partial charge in [-0.2, -0.15) is 0 Å². The molecule has 2 aromatic rings. The van der Waals surface area contributed by atoms with Crippen LogP contribution in [0.25, 0.3) is 0 Å². The third kappa shape index (κ3) is 5.09. The van der Waals surface area contributed by atoms with E-state index < -0.39 is 0 Å². The quantitative estimate of drug-likeness (QED) is 0.260. The van der Waals surface area contributed by atoms with Crippen molar-refractivity contribution in [3.8, 4) is 11.8 Å². The molecule has 0 radical (unpaired) electrons. The molecule has 0 nitrogen and oxygen atoms in total. The minimum Gasteiger partial charge on any atom is -0.0654 e. The second-order valence-electron chi connectivity index (χ2n) is 7.67. The molecule has 1 aliphatic carbocycles. The summed E-state index contributed by atoms with van der Waals surface area (Å²) in [5.41, 5.74) is 8.39. The molecular formula is C25H28I2. The number of hydrogen-bond acceptors (Lipinski definition) is 0. The predicted octanol–water partition coefficient (Wildman–Crippen LogP) is 7.46. The summed E-state index contributed by atoms with van der Waals surface area (Å²) < 4.78 is 2.61. The smallest absolute Gasteiger partial charge is 0.0417 e. The zero-order valence-corrected chi connectivity index (χ0v) is 20.9. The van der Waals surface area contributed by atoms with E-state index in [4.69, 9.17) is 0 Å². The molecule has 27 heavy (non-hydrogen) atoms. The van der Waals surface area contributed by atoms with Crippen LogP contribution >= 0.6 is 45.2 Å². The summed E-state index contributed by atoms with van der Waals surface area (Å²) in [5, 5.41) is 0. The summed E-state index contributed by atoms with van der Waals surface area (Å²) in [7, 11) is 0. The molecule has 0 saturated heterocycles. The second kappa shape index (κ2) is 9.78. The summed E-state index contributed by atoms with van der Waals surface area (Å²) in [6.07, 6.45) is 9.01. The lowest BCUT2D eigenvalue weighted by molar-refractivity contribution is 0.411. The van der Waals surface area contributed by atoms with Gasteiger partial charge in [-0.3, -0.25) is 0 Å². The molecule has 0 N–H and O–H groups in total. The third-order valence-corrected chi connectivity index (χ3v) is 7.74. The zero-order chi connectivity index (χ0) is 19.4. The molecule has 0 fully saturated rings. The Morgan fingerprint density at radius 3 is 2.59 bits per heavy atom. The Morgan fingerprint density at radius 2 is 1.89 bits per heavy atom. The normalized spacial score (nSPS) is 15.8. The number of unbranched alkanes of at least 4 members (excludes halogenated alkanes) is 1. The van der Waals surface area contributed by atoms with Crippen LogP contribution < -0.4 is 0 Å². The van der Waals surface area contributed by atoms with Crippen molar-refractivity contribution in [3.63, 3.8) is 0 Å². The first-order valence-corrected chi connectivity index (χ1v) is 12.3. The van der Waals surface area contributed by atoms with Crippen molar-refractivity contribution in [1.82, 2.24) is 0 Å². The van der Waals surface area contributed by atoms with Crippen molar-refractivity contribution in [1.29, 1.82) is 0 Å². The fraction of sp³-hybridized carbons (Fsp3) is 0.440. The van der Waals surface area contributed by atoms with Crippen molar-refractivity contribution in [2.24, 2.45) is 5.92 Å². The molecule has 0 aromatic heterocycles. The molecule has 1 aliphatic rings. The van der Waals surface area contributed by atoms with Crippen LogP contribution in [0.5, 0.6) is 0 Å². The molecule has 0 heterocycles. The molecule has 1 atom stereocenters. The minimum absolute atomic E-state index is 0.879. The monoisotopic (exact) mass is 582 g/mol. The highest BCUT2D eigenvalue weighted by molar-refractivity contribution is 14.1. The fourth-order valence-electron chi connectivity index (χ4n) is 4.13. The van der Waals surface area contributed by atoms with Gasteiger partial charge in [-0.25, -0.2) is 0 Å². The maximum Gasteiger partial charge on any atom is 0.0417 e. The Hall–Kier alpha value is -0.540. The Bertz CT molecular complexity index is 883. The van der Waals surface area contributed by atoms with Gasteiger partial charge in [0.15, 0.2) is 0 Å². The predicted molar refractivity (Wildman–Crippen MR) is 133 cm³/mol. The van der Waals surface area contributed by atoms with Crippen LogP contribution in [0.1, 0.15) is 72.9 Å². The van der Waals surface area contributed by atoms with Gasteiger partial charge < -0.3 is 0 Å². The van der Waals surface area contributed by atoms with Crippen LogP contribution in [0.2, 0.25) is 0 Å². The van der Waals surface area contributed by atoms with E-state index in [1.165, 1.54) is 62.4 Å². The summed E-state index contributed by atoms with van der Waals surface area (Å²) in [6.45, 7) is 6.73. The van der Waals surface area contributed by atoms with E-state index in [1.807, 2.05) is 0 Å². The Morgan fingerprint density at radius 1 is 1.07 bits per heavy atom. The maximum absolute atomic E-state index is 3.53. The molecular weight excluding hydrogens is 554 g/mol. The average Bonchev–Trinajstić information content (AvgIpc) is 2.66. The number of rotatable bonds is 4. The van der Waals surface area contributed by atoms with Crippen LogP contribution in [0, 0.1) is 31.8 Å². The second-order valence-corrected chi connectivity index (χ2v) is 9.99. The lowest BCUT2D eigenvalue weighted by Crippen LogP contribution is -2.17. The zero-order valence-electron chi connectivity index (χ0n) is 16.6. The minimum atomic E-state index is 0.879. The first-order valence-electron chi connectivity index (χ1n) is 10.1. The SMILES string of the molecule is CCCCC1CCc2c(cc(I)c(C#Cc3ccc(C)c(I)c3)c2CC)C1. The lowest BCUT2D eigenvalue weighted by Gasteiger charge is -2.27. The van der Waals surface area contributed by atoms with E-state index in [9.17, 15) is 0 Å². The van der Waals surface area contributed by atoms with Crippen LogP contribution in [-0.2, 0) is 19.3 Å². The van der Waals surface area contributed by atoms with E-state index in [0.717, 1.165) is 17.9 Å². The molecule has 142 valence electrons. The van der Waals surface area contributed by atoms with Gasteiger partial charge in [0.2, 0.25) is 0 Å². The number of hydrogen-bond donors (Lipinski definition) is 0. The van der Waals surface area contributed by atoms with Gasteiger partial charge in [0, 0.05) is 18.3 Å². The molecule has 0 bridgehead atoms. The standard InChI is InChI=1S/C25H28I2/c1-4-6-7-18-10-12-22-20(14-18)16-25(27)23(21(22)5-2)13-11-19-9-8-17(3)24(26)15-19/h8-9,15-16,18H,4-7,10,12,14H2,1-3H3. The van der Waals surface area contributed by atoms with Gasteiger partial charge in [0.25, 0.3) is 0 Å². The van der Waals surface area contributed by atoms with Gasteiger partial charge in [-0.15, -0.1) is 0 Å². The van der Waals surface area contributed by atoms with Crippen molar-refractivity contribution >= 4 is 45.2 Å². The van der Waals surface area contributed by atoms with E-state index in [1.54, 1.807) is 11.1 Å². The topological polar surface area (TPSA) is 0 Å². The third-order valence-electron chi connectivity index (χ3n) is 5.73. The van der Waals surface area contributed by atoms with Crippen LogP contribution in [0.3, 0.4) is 0 Å². The van der Waals surface area contributed by atoms with E-state index >= 15 is 0 Å². The molecule has 1 unspecified atom stereocenters. The molecule has 0 amide bonds. The van der Waals surface area contributed by atoms with Crippen LogP contribution in [0.15, 0.2) is 24.3 Å². The Balaban J connectivity index is 1.94. The van der Waals surface area contributed by atoms with Crippen molar-refractivity contribution in [3.05, 3.63) is 64.8 Å². The maximum atomic E-state index is 3.53. The Labute approximate surface area is 192 Å². The van der Waals surface area contributed by atoms with Gasteiger partial charge >= 0.3 is 0 Å². The van der Waals surface area contributed by atoms with Gasteiger partial charge in [0.05, 0.1) is 0 Å². The number of aryl methyl sites for hydroxylation is 1.